The van der Waals surface area contributed by atoms with Gasteiger partial charge in [0, 0.05) is 25.2 Å². The van der Waals surface area contributed by atoms with Gasteiger partial charge in [0.2, 0.25) is 0 Å². The highest BCUT2D eigenvalue weighted by molar-refractivity contribution is 7.59. The average Bonchev–Trinajstić information content (AvgIpc) is 2.23. The zero-order valence-corrected chi connectivity index (χ0v) is 8.22. The summed E-state index contributed by atoms with van der Waals surface area (Å²) in [4.78, 5) is 2.45. The lowest BCUT2D eigenvalue weighted by molar-refractivity contribution is 0.276. The van der Waals surface area contributed by atoms with Crippen molar-refractivity contribution in [3.8, 4) is 0 Å². The number of hydrogen-bond acceptors (Lipinski definition) is 2. The second-order valence-electron chi connectivity index (χ2n) is 2.93. The average molecular weight is 180 g/mol. The van der Waals surface area contributed by atoms with Crippen molar-refractivity contribution in [2.45, 2.75) is 18.5 Å². The molecule has 2 aliphatic rings. The Morgan fingerprint density at radius 1 is 1.40 bits per heavy atom. The lowest BCUT2D eigenvalue weighted by atomic mass is 10.2. The Labute approximate surface area is 76.2 Å². The normalized spacial score (nSPS) is 36.9. The number of nitrogens with one attached hydrogen (secondary N) is 1. The summed E-state index contributed by atoms with van der Waals surface area (Å²) < 4.78 is 0. The van der Waals surface area contributed by atoms with Crippen molar-refractivity contribution in [1.82, 2.24) is 10.2 Å². The van der Waals surface area contributed by atoms with Crippen LogP contribution in [-0.4, -0.2) is 37.1 Å². The molecular formula is C6H16N2S2. The Morgan fingerprint density at radius 2 is 2.10 bits per heavy atom. The summed E-state index contributed by atoms with van der Waals surface area (Å²) in [7, 11) is 2.21. The Kier molecular flexibility index (Phi) is 4.09. The molecule has 2 nitrogen and oxygen atoms in total. The molecule has 2 atom stereocenters. The molecule has 0 saturated carbocycles. The predicted molar refractivity (Wildman–Crippen MR) is 53.6 cm³/mol. The number of rotatable bonds is 0. The number of likely N-dealkylation sites (tertiary alicyclic amines) is 1. The summed E-state index contributed by atoms with van der Waals surface area (Å²) in [6.45, 7) is 2.49. The third-order valence-electron chi connectivity index (χ3n) is 2.33. The summed E-state index contributed by atoms with van der Waals surface area (Å²) in [5.41, 5.74) is 0. The first-order valence-electron chi connectivity index (χ1n) is 3.30. The van der Waals surface area contributed by atoms with Gasteiger partial charge < -0.3 is 10.2 Å². The second-order valence-corrected chi connectivity index (χ2v) is 2.93. The summed E-state index contributed by atoms with van der Waals surface area (Å²) in [6, 6.07) is 1.69. The quantitative estimate of drug-likeness (QED) is 0.559. The summed E-state index contributed by atoms with van der Waals surface area (Å²) in [5.74, 6) is 0. The van der Waals surface area contributed by atoms with Crippen molar-refractivity contribution in [3.05, 3.63) is 0 Å². The molecule has 2 bridgehead atoms. The molecule has 0 spiro atoms. The highest BCUT2D eigenvalue weighted by atomic mass is 32.1. The fourth-order valence-corrected chi connectivity index (χ4v) is 1.77. The second kappa shape index (κ2) is 3.85. The van der Waals surface area contributed by atoms with Crippen LogP contribution in [0.1, 0.15) is 6.42 Å². The van der Waals surface area contributed by atoms with Crippen molar-refractivity contribution in [1.29, 1.82) is 0 Å². The van der Waals surface area contributed by atoms with Crippen LogP contribution in [0.5, 0.6) is 0 Å². The number of piperazine rings is 1. The summed E-state index contributed by atoms with van der Waals surface area (Å²) >= 11 is 0. The van der Waals surface area contributed by atoms with Crippen LogP contribution >= 0.6 is 27.0 Å². The SMILES string of the molecule is CN1CC2CC1CN2.S.S. The van der Waals surface area contributed by atoms with Crippen LogP contribution in [0.15, 0.2) is 0 Å². The van der Waals surface area contributed by atoms with Crippen LogP contribution in [-0.2, 0) is 0 Å². The third kappa shape index (κ3) is 1.61. The van der Waals surface area contributed by atoms with Gasteiger partial charge in [-0.3, -0.25) is 0 Å². The molecule has 2 rings (SSSR count). The molecule has 2 aliphatic heterocycles. The number of hydrogen-bond donors (Lipinski definition) is 1. The summed E-state index contributed by atoms with van der Waals surface area (Å²) in [6.07, 6.45) is 1.39. The number of fused-ring (bicyclic) bond motifs is 2. The third-order valence-corrected chi connectivity index (χ3v) is 2.33. The summed E-state index contributed by atoms with van der Waals surface area (Å²) in [5, 5.41) is 3.44. The number of nitrogens with zero attached hydrogens (tertiary/aromatic N) is 1. The van der Waals surface area contributed by atoms with Gasteiger partial charge in [-0.05, 0) is 13.5 Å². The van der Waals surface area contributed by atoms with Crippen LogP contribution in [0.3, 0.4) is 0 Å². The zero-order valence-electron chi connectivity index (χ0n) is 6.22. The van der Waals surface area contributed by atoms with E-state index in [9.17, 15) is 0 Å². The molecule has 0 aliphatic carbocycles. The Balaban J connectivity index is 0.000000405. The number of likely N-dealkylation sites (N-methyl/N-ethyl adjacent to an activating group) is 1. The molecule has 2 saturated heterocycles. The van der Waals surface area contributed by atoms with Gasteiger partial charge in [-0.25, -0.2) is 0 Å². The highest BCUT2D eigenvalue weighted by Crippen LogP contribution is 2.20. The van der Waals surface area contributed by atoms with Crippen molar-refractivity contribution in [2.24, 2.45) is 0 Å². The maximum absolute atomic E-state index is 3.44. The van der Waals surface area contributed by atoms with Crippen LogP contribution in [0.4, 0.5) is 0 Å². The van der Waals surface area contributed by atoms with Gasteiger partial charge in [0.25, 0.3) is 0 Å². The maximum Gasteiger partial charge on any atom is 0.0233 e. The molecule has 0 aromatic carbocycles. The van der Waals surface area contributed by atoms with E-state index in [0.29, 0.717) is 0 Å². The molecule has 0 radical (unpaired) electrons. The maximum atomic E-state index is 3.44. The monoisotopic (exact) mass is 180 g/mol. The van der Waals surface area contributed by atoms with Gasteiger partial charge in [0.15, 0.2) is 0 Å². The topological polar surface area (TPSA) is 15.3 Å². The highest BCUT2D eigenvalue weighted by Gasteiger charge is 2.34. The fraction of sp³-hybridized carbons (Fsp3) is 1.00. The Morgan fingerprint density at radius 3 is 2.30 bits per heavy atom. The largest absolute Gasteiger partial charge is 0.311 e. The molecule has 10 heavy (non-hydrogen) atoms. The van der Waals surface area contributed by atoms with Crippen molar-refractivity contribution < 1.29 is 0 Å². The van der Waals surface area contributed by atoms with E-state index in [1.54, 1.807) is 0 Å². The van der Waals surface area contributed by atoms with Gasteiger partial charge >= 0.3 is 0 Å². The van der Waals surface area contributed by atoms with Crippen molar-refractivity contribution >= 4 is 27.0 Å². The minimum atomic E-state index is 0. The van der Waals surface area contributed by atoms with Gasteiger partial charge in [-0.15, -0.1) is 0 Å². The molecule has 4 heteroatoms. The van der Waals surface area contributed by atoms with Crippen molar-refractivity contribution in [2.75, 3.05) is 20.1 Å². The van der Waals surface area contributed by atoms with Gasteiger partial charge in [-0.1, -0.05) is 0 Å². The van der Waals surface area contributed by atoms with E-state index in [1.165, 1.54) is 19.5 Å². The van der Waals surface area contributed by atoms with Crippen LogP contribution in [0, 0.1) is 0 Å². The van der Waals surface area contributed by atoms with E-state index in [-0.39, 0.29) is 27.0 Å². The molecule has 2 unspecified atom stereocenters. The molecule has 2 fully saturated rings. The van der Waals surface area contributed by atoms with Gasteiger partial charge in [-0.2, -0.15) is 27.0 Å². The first-order valence-corrected chi connectivity index (χ1v) is 3.30. The van der Waals surface area contributed by atoms with E-state index in [1.807, 2.05) is 0 Å². The smallest absolute Gasteiger partial charge is 0.0233 e. The molecule has 2 heterocycles. The zero-order chi connectivity index (χ0) is 5.56. The lowest BCUT2D eigenvalue weighted by Gasteiger charge is -2.21. The molecule has 0 amide bonds. The van der Waals surface area contributed by atoms with Crippen LogP contribution < -0.4 is 5.32 Å². The Bertz CT molecular complexity index is 108. The lowest BCUT2D eigenvalue weighted by Crippen LogP contribution is -2.41. The van der Waals surface area contributed by atoms with Gasteiger partial charge in [0.1, 0.15) is 0 Å². The van der Waals surface area contributed by atoms with Crippen LogP contribution in [0.2, 0.25) is 0 Å². The van der Waals surface area contributed by atoms with E-state index in [0.717, 1.165) is 12.1 Å². The van der Waals surface area contributed by atoms with Crippen molar-refractivity contribution in [3.63, 3.8) is 0 Å². The van der Waals surface area contributed by atoms with E-state index < -0.39 is 0 Å². The van der Waals surface area contributed by atoms with E-state index in [4.69, 9.17) is 0 Å². The standard InChI is InChI=1S/C6H12N2.2H2S/c1-8-4-5-2-6(8)3-7-5;;/h5-7H,2-4H2,1H3;2*1H2. The van der Waals surface area contributed by atoms with E-state index in [2.05, 4.69) is 17.3 Å². The molecule has 1 N–H and O–H groups in total. The first-order chi connectivity index (χ1) is 3.86. The van der Waals surface area contributed by atoms with E-state index >= 15 is 0 Å². The molecule has 0 aromatic rings. The molecule has 0 aromatic heterocycles. The minimum absolute atomic E-state index is 0. The van der Waals surface area contributed by atoms with Crippen LogP contribution in [0.25, 0.3) is 0 Å². The Hall–Kier alpha value is 0.620. The fourth-order valence-electron chi connectivity index (χ4n) is 1.77. The minimum Gasteiger partial charge on any atom is -0.311 e. The first kappa shape index (κ1) is 10.6. The molecular weight excluding hydrogens is 164 g/mol. The van der Waals surface area contributed by atoms with Gasteiger partial charge in [0.05, 0.1) is 0 Å². The predicted octanol–water partition coefficient (Wildman–Crippen LogP) is -0.112. The molecule has 62 valence electrons.